The van der Waals surface area contributed by atoms with Gasteiger partial charge in [-0.3, -0.25) is 4.90 Å². The number of anilines is 1. The zero-order chi connectivity index (χ0) is 13.0. The van der Waals surface area contributed by atoms with Gasteiger partial charge in [-0.1, -0.05) is 13.0 Å². The van der Waals surface area contributed by atoms with Gasteiger partial charge in [0.1, 0.15) is 5.82 Å². The third-order valence-electron chi connectivity index (χ3n) is 3.90. The zero-order valence-electron chi connectivity index (χ0n) is 11.9. The molecule has 0 spiro atoms. The van der Waals surface area contributed by atoms with Crippen LogP contribution in [0.1, 0.15) is 44.7 Å². The molecular formula is C15H25N3. The summed E-state index contributed by atoms with van der Waals surface area (Å²) < 4.78 is 0. The Labute approximate surface area is 111 Å². The summed E-state index contributed by atoms with van der Waals surface area (Å²) >= 11 is 0. The van der Waals surface area contributed by atoms with Crippen LogP contribution in [0.3, 0.4) is 0 Å². The van der Waals surface area contributed by atoms with E-state index in [1.165, 1.54) is 37.9 Å². The highest BCUT2D eigenvalue weighted by atomic mass is 15.2. The second-order valence-electron chi connectivity index (χ2n) is 5.16. The lowest BCUT2D eigenvalue weighted by Gasteiger charge is -2.24. The maximum absolute atomic E-state index is 4.59. The van der Waals surface area contributed by atoms with Crippen LogP contribution in [0.25, 0.3) is 0 Å². The normalized spacial score (nSPS) is 20.3. The van der Waals surface area contributed by atoms with Gasteiger partial charge in [-0.2, -0.15) is 0 Å². The van der Waals surface area contributed by atoms with Crippen molar-refractivity contribution in [3.8, 4) is 0 Å². The van der Waals surface area contributed by atoms with E-state index < -0.39 is 0 Å². The molecule has 0 N–H and O–H groups in total. The molecule has 3 heteroatoms. The van der Waals surface area contributed by atoms with Gasteiger partial charge in [0.25, 0.3) is 0 Å². The Balaban J connectivity index is 2.09. The monoisotopic (exact) mass is 247 g/mol. The van der Waals surface area contributed by atoms with Gasteiger partial charge in [0, 0.05) is 25.8 Å². The van der Waals surface area contributed by atoms with Gasteiger partial charge < -0.3 is 4.90 Å². The molecule has 0 amide bonds. The predicted octanol–water partition coefficient (Wildman–Crippen LogP) is 3.08. The van der Waals surface area contributed by atoms with Gasteiger partial charge in [0.05, 0.1) is 0 Å². The summed E-state index contributed by atoms with van der Waals surface area (Å²) in [6, 6.07) is 5.01. The van der Waals surface area contributed by atoms with E-state index in [1.54, 1.807) is 0 Å². The molecule has 1 aliphatic heterocycles. The molecule has 1 aliphatic rings. The largest absolute Gasteiger partial charge is 0.360 e. The molecule has 2 rings (SSSR count). The fourth-order valence-corrected chi connectivity index (χ4v) is 2.74. The van der Waals surface area contributed by atoms with Crippen molar-refractivity contribution in [2.75, 3.05) is 31.6 Å². The van der Waals surface area contributed by atoms with E-state index in [-0.39, 0.29) is 0 Å². The molecular weight excluding hydrogens is 222 g/mol. The highest BCUT2D eigenvalue weighted by molar-refractivity contribution is 5.38. The average molecular weight is 247 g/mol. The molecule has 3 nitrogen and oxygen atoms in total. The van der Waals surface area contributed by atoms with Crippen molar-refractivity contribution in [2.45, 2.75) is 39.2 Å². The molecule has 1 saturated heterocycles. The van der Waals surface area contributed by atoms with E-state index in [0.29, 0.717) is 6.04 Å². The van der Waals surface area contributed by atoms with E-state index in [4.69, 9.17) is 0 Å². The quantitative estimate of drug-likeness (QED) is 0.797. The second-order valence-corrected chi connectivity index (χ2v) is 5.16. The number of rotatable bonds is 5. The fraction of sp³-hybridized carbons (Fsp3) is 0.667. The van der Waals surface area contributed by atoms with Gasteiger partial charge in [0.15, 0.2) is 0 Å². The third-order valence-corrected chi connectivity index (χ3v) is 3.90. The molecule has 1 atom stereocenters. The lowest BCUT2D eigenvalue weighted by Crippen LogP contribution is -2.24. The first kappa shape index (κ1) is 13.3. The summed E-state index contributed by atoms with van der Waals surface area (Å²) in [6.45, 7) is 7.86. The van der Waals surface area contributed by atoms with Crippen molar-refractivity contribution in [2.24, 2.45) is 0 Å². The summed E-state index contributed by atoms with van der Waals surface area (Å²) in [5.41, 5.74) is 1.38. The van der Waals surface area contributed by atoms with E-state index in [0.717, 1.165) is 12.4 Å². The van der Waals surface area contributed by atoms with Crippen LogP contribution in [0, 0.1) is 0 Å². The standard InChI is InChI=1S/C15H25N3/c1-4-10-18-11-6-7-14(18)13-8-9-15(16-12-13)17(3)5-2/h8-9,12,14H,4-7,10-11H2,1-3H3. The molecule has 100 valence electrons. The number of hydrogen-bond donors (Lipinski definition) is 0. The Morgan fingerprint density at radius 2 is 2.22 bits per heavy atom. The molecule has 0 aromatic carbocycles. The summed E-state index contributed by atoms with van der Waals surface area (Å²) in [5.74, 6) is 1.07. The minimum Gasteiger partial charge on any atom is -0.360 e. The van der Waals surface area contributed by atoms with Crippen LogP contribution in [0.2, 0.25) is 0 Å². The third kappa shape index (κ3) is 2.83. The van der Waals surface area contributed by atoms with Crippen LogP contribution in [-0.2, 0) is 0 Å². The predicted molar refractivity (Wildman–Crippen MR) is 77.0 cm³/mol. The van der Waals surface area contributed by atoms with E-state index in [9.17, 15) is 0 Å². The van der Waals surface area contributed by atoms with Crippen molar-refractivity contribution in [3.63, 3.8) is 0 Å². The van der Waals surface area contributed by atoms with E-state index in [2.05, 4.69) is 54.0 Å². The summed E-state index contributed by atoms with van der Waals surface area (Å²) in [5, 5.41) is 0. The molecule has 1 aromatic rings. The van der Waals surface area contributed by atoms with Crippen LogP contribution in [0.15, 0.2) is 18.3 Å². The van der Waals surface area contributed by atoms with Gasteiger partial charge >= 0.3 is 0 Å². The van der Waals surface area contributed by atoms with E-state index >= 15 is 0 Å². The van der Waals surface area contributed by atoms with Gasteiger partial charge in [-0.15, -0.1) is 0 Å². The molecule has 18 heavy (non-hydrogen) atoms. The summed E-state index contributed by atoms with van der Waals surface area (Å²) in [7, 11) is 2.08. The lowest BCUT2D eigenvalue weighted by atomic mass is 10.1. The molecule has 2 heterocycles. The Kier molecular flexibility index (Phi) is 4.59. The van der Waals surface area contributed by atoms with Crippen LogP contribution in [0.5, 0.6) is 0 Å². The number of nitrogens with zero attached hydrogens (tertiary/aromatic N) is 3. The van der Waals surface area contributed by atoms with Gasteiger partial charge in [-0.05, 0) is 50.9 Å². The zero-order valence-corrected chi connectivity index (χ0v) is 11.9. The maximum atomic E-state index is 4.59. The van der Waals surface area contributed by atoms with E-state index in [1.807, 2.05) is 0 Å². The van der Waals surface area contributed by atoms with Gasteiger partial charge in [-0.25, -0.2) is 4.98 Å². The van der Waals surface area contributed by atoms with Gasteiger partial charge in [0.2, 0.25) is 0 Å². The molecule has 1 aromatic heterocycles. The first-order valence-corrected chi connectivity index (χ1v) is 7.17. The van der Waals surface area contributed by atoms with Crippen molar-refractivity contribution < 1.29 is 0 Å². The number of hydrogen-bond acceptors (Lipinski definition) is 3. The van der Waals surface area contributed by atoms with Crippen LogP contribution < -0.4 is 4.90 Å². The molecule has 0 bridgehead atoms. The number of pyridine rings is 1. The number of aromatic nitrogens is 1. The fourth-order valence-electron chi connectivity index (χ4n) is 2.74. The Morgan fingerprint density at radius 3 is 2.83 bits per heavy atom. The van der Waals surface area contributed by atoms with Crippen LogP contribution in [-0.4, -0.2) is 36.6 Å². The topological polar surface area (TPSA) is 19.4 Å². The van der Waals surface area contributed by atoms with Crippen molar-refractivity contribution in [1.82, 2.24) is 9.88 Å². The molecule has 1 fully saturated rings. The number of likely N-dealkylation sites (tertiary alicyclic amines) is 1. The molecule has 0 radical (unpaired) electrons. The van der Waals surface area contributed by atoms with Crippen LogP contribution >= 0.6 is 0 Å². The Hall–Kier alpha value is -1.09. The average Bonchev–Trinajstić information content (AvgIpc) is 2.87. The van der Waals surface area contributed by atoms with Crippen molar-refractivity contribution in [3.05, 3.63) is 23.9 Å². The first-order valence-electron chi connectivity index (χ1n) is 7.17. The Bertz CT molecular complexity index is 361. The maximum Gasteiger partial charge on any atom is 0.128 e. The molecule has 0 aliphatic carbocycles. The van der Waals surface area contributed by atoms with Crippen LogP contribution in [0.4, 0.5) is 5.82 Å². The Morgan fingerprint density at radius 1 is 1.39 bits per heavy atom. The van der Waals surface area contributed by atoms with Crippen molar-refractivity contribution >= 4 is 5.82 Å². The highest BCUT2D eigenvalue weighted by Crippen LogP contribution is 2.31. The SMILES string of the molecule is CCCN1CCCC1c1ccc(N(C)CC)nc1. The van der Waals surface area contributed by atoms with Crippen molar-refractivity contribution in [1.29, 1.82) is 0 Å². The molecule has 1 unspecified atom stereocenters. The second kappa shape index (κ2) is 6.19. The minimum absolute atomic E-state index is 0.596. The molecule has 0 saturated carbocycles. The summed E-state index contributed by atoms with van der Waals surface area (Å²) in [4.78, 5) is 9.35. The highest BCUT2D eigenvalue weighted by Gasteiger charge is 2.25. The lowest BCUT2D eigenvalue weighted by molar-refractivity contribution is 0.257. The smallest absolute Gasteiger partial charge is 0.128 e. The minimum atomic E-state index is 0.596. The first-order chi connectivity index (χ1) is 8.76. The summed E-state index contributed by atoms with van der Waals surface area (Å²) in [6.07, 6.45) is 5.91.